The van der Waals surface area contributed by atoms with E-state index in [1.54, 1.807) is 12.1 Å². The predicted octanol–water partition coefficient (Wildman–Crippen LogP) is 4.26. The number of nitro groups is 1. The minimum atomic E-state index is -0.334. The fraction of sp³-hybridized carbons (Fsp3) is 0.625. The van der Waals surface area contributed by atoms with Gasteiger partial charge in [-0.3, -0.25) is 10.1 Å². The Hall–Kier alpha value is -1.78. The third-order valence-electron chi connectivity index (χ3n) is 4.57. The minimum Gasteiger partial charge on any atom is -0.385 e. The number of nitrogens with zero attached hydrogens (tertiary/aromatic N) is 1. The smallest absolute Gasteiger partial charge is 0.273 e. The normalized spacial score (nSPS) is 25.4. The summed E-state index contributed by atoms with van der Waals surface area (Å²) < 4.78 is 0. The quantitative estimate of drug-likeness (QED) is 0.628. The lowest BCUT2D eigenvalue weighted by molar-refractivity contribution is -0.384. The number of nitrogens with one attached hydrogen (secondary N) is 2. The molecule has 0 spiro atoms. The molecule has 0 aliphatic heterocycles. The SMILES string of the molecule is CCNc1cc(NC2CCCC(C)C2C)cc([N+](=O)[O-])c1. The molecule has 2 N–H and O–H groups in total. The maximum absolute atomic E-state index is 11.1. The van der Waals surface area contributed by atoms with Crippen LogP contribution in [-0.4, -0.2) is 17.5 Å². The van der Waals surface area contributed by atoms with E-state index < -0.39 is 0 Å². The molecule has 0 bridgehead atoms. The molecule has 116 valence electrons. The molecule has 1 fully saturated rings. The van der Waals surface area contributed by atoms with E-state index in [1.165, 1.54) is 12.8 Å². The molecular weight excluding hydrogens is 266 g/mol. The fourth-order valence-corrected chi connectivity index (χ4v) is 3.11. The van der Waals surface area contributed by atoms with Crippen molar-refractivity contribution < 1.29 is 4.92 Å². The summed E-state index contributed by atoms with van der Waals surface area (Å²) in [5.74, 6) is 1.28. The fourth-order valence-electron chi connectivity index (χ4n) is 3.11. The van der Waals surface area contributed by atoms with Crippen LogP contribution in [0.25, 0.3) is 0 Å². The van der Waals surface area contributed by atoms with Crippen molar-refractivity contribution in [3.8, 4) is 0 Å². The molecule has 1 saturated carbocycles. The van der Waals surface area contributed by atoms with Gasteiger partial charge in [0.25, 0.3) is 5.69 Å². The summed E-state index contributed by atoms with van der Waals surface area (Å²) in [6.45, 7) is 7.29. The van der Waals surface area contributed by atoms with E-state index in [9.17, 15) is 10.1 Å². The van der Waals surface area contributed by atoms with Gasteiger partial charge in [-0.2, -0.15) is 0 Å². The van der Waals surface area contributed by atoms with Crippen molar-refractivity contribution in [2.45, 2.75) is 46.1 Å². The van der Waals surface area contributed by atoms with Crippen LogP contribution in [0, 0.1) is 22.0 Å². The first kappa shape index (κ1) is 15.6. The van der Waals surface area contributed by atoms with E-state index in [4.69, 9.17) is 0 Å². The number of non-ortho nitro benzene ring substituents is 1. The van der Waals surface area contributed by atoms with Crippen molar-refractivity contribution in [1.82, 2.24) is 0 Å². The van der Waals surface area contributed by atoms with Crippen LogP contribution in [0.1, 0.15) is 40.0 Å². The van der Waals surface area contributed by atoms with Crippen molar-refractivity contribution in [2.75, 3.05) is 17.2 Å². The molecule has 5 heteroatoms. The highest BCUT2D eigenvalue weighted by atomic mass is 16.6. The highest BCUT2D eigenvalue weighted by Crippen LogP contribution is 2.33. The van der Waals surface area contributed by atoms with E-state index >= 15 is 0 Å². The zero-order valence-corrected chi connectivity index (χ0v) is 13.1. The van der Waals surface area contributed by atoms with Gasteiger partial charge in [0.2, 0.25) is 0 Å². The van der Waals surface area contributed by atoms with Gasteiger partial charge >= 0.3 is 0 Å². The summed E-state index contributed by atoms with van der Waals surface area (Å²) in [4.78, 5) is 10.7. The van der Waals surface area contributed by atoms with Crippen LogP contribution in [0.5, 0.6) is 0 Å². The Morgan fingerprint density at radius 2 is 1.95 bits per heavy atom. The first-order valence-corrected chi connectivity index (χ1v) is 7.81. The maximum Gasteiger partial charge on any atom is 0.273 e. The summed E-state index contributed by atoms with van der Waals surface area (Å²) in [6, 6.07) is 5.57. The number of hydrogen-bond donors (Lipinski definition) is 2. The Morgan fingerprint density at radius 3 is 2.62 bits per heavy atom. The molecule has 1 aromatic carbocycles. The summed E-state index contributed by atoms with van der Waals surface area (Å²) in [5, 5.41) is 17.7. The molecule has 0 aromatic heterocycles. The lowest BCUT2D eigenvalue weighted by Gasteiger charge is -2.35. The standard InChI is InChI=1S/C16H25N3O2/c1-4-17-13-8-14(10-15(9-13)19(20)21)18-16-7-5-6-11(2)12(16)3/h8-12,16-18H,4-7H2,1-3H3. The molecule has 3 atom stereocenters. The Bertz CT molecular complexity index is 504. The molecule has 2 rings (SSSR count). The monoisotopic (exact) mass is 291 g/mol. The molecule has 0 saturated heterocycles. The van der Waals surface area contributed by atoms with Crippen molar-refractivity contribution in [3.63, 3.8) is 0 Å². The zero-order valence-electron chi connectivity index (χ0n) is 13.1. The van der Waals surface area contributed by atoms with Crippen LogP contribution < -0.4 is 10.6 Å². The van der Waals surface area contributed by atoms with Gasteiger partial charge in [-0.25, -0.2) is 0 Å². The molecule has 0 heterocycles. The molecule has 1 aliphatic rings. The van der Waals surface area contributed by atoms with Crippen LogP contribution in [0.15, 0.2) is 18.2 Å². The van der Waals surface area contributed by atoms with Crippen molar-refractivity contribution in [3.05, 3.63) is 28.3 Å². The number of nitro benzene ring substituents is 1. The molecule has 1 aliphatic carbocycles. The maximum atomic E-state index is 11.1. The van der Waals surface area contributed by atoms with Gasteiger partial charge in [0, 0.05) is 36.1 Å². The number of rotatable bonds is 5. The van der Waals surface area contributed by atoms with Gasteiger partial charge < -0.3 is 10.6 Å². The molecule has 0 amide bonds. The third kappa shape index (κ3) is 3.86. The number of anilines is 2. The van der Waals surface area contributed by atoms with Crippen molar-refractivity contribution in [1.29, 1.82) is 0 Å². The van der Waals surface area contributed by atoms with Gasteiger partial charge in [0.1, 0.15) is 0 Å². The van der Waals surface area contributed by atoms with E-state index in [2.05, 4.69) is 24.5 Å². The molecule has 3 unspecified atom stereocenters. The summed E-state index contributed by atoms with van der Waals surface area (Å²) in [6.07, 6.45) is 3.62. The average molecular weight is 291 g/mol. The molecule has 1 aromatic rings. The van der Waals surface area contributed by atoms with Crippen molar-refractivity contribution in [2.24, 2.45) is 11.8 Å². The molecular formula is C16H25N3O2. The van der Waals surface area contributed by atoms with Gasteiger partial charge in [-0.05, 0) is 31.2 Å². The topological polar surface area (TPSA) is 67.2 Å². The summed E-state index contributed by atoms with van der Waals surface area (Å²) in [5.41, 5.74) is 1.77. The van der Waals surface area contributed by atoms with E-state index in [-0.39, 0.29) is 10.6 Å². The van der Waals surface area contributed by atoms with Gasteiger partial charge in [-0.1, -0.05) is 26.7 Å². The minimum absolute atomic E-state index is 0.132. The Morgan fingerprint density at radius 1 is 1.24 bits per heavy atom. The molecule has 21 heavy (non-hydrogen) atoms. The Balaban J connectivity index is 2.19. The first-order chi connectivity index (χ1) is 10.0. The predicted molar refractivity (Wildman–Crippen MR) is 86.8 cm³/mol. The lowest BCUT2D eigenvalue weighted by Crippen LogP contribution is -2.35. The number of benzene rings is 1. The summed E-state index contributed by atoms with van der Waals surface area (Å²) >= 11 is 0. The third-order valence-corrected chi connectivity index (χ3v) is 4.57. The average Bonchev–Trinajstić information content (AvgIpc) is 2.44. The Kier molecular flexibility index (Phi) is 5.04. The lowest BCUT2D eigenvalue weighted by atomic mass is 9.78. The second kappa shape index (κ2) is 6.78. The van der Waals surface area contributed by atoms with E-state index in [0.29, 0.717) is 17.9 Å². The highest BCUT2D eigenvalue weighted by molar-refractivity contribution is 5.63. The van der Waals surface area contributed by atoms with Gasteiger partial charge in [0.05, 0.1) is 4.92 Å². The first-order valence-electron chi connectivity index (χ1n) is 7.81. The Labute approximate surface area is 126 Å². The van der Waals surface area contributed by atoms with Crippen LogP contribution in [0.4, 0.5) is 17.1 Å². The van der Waals surface area contributed by atoms with Gasteiger partial charge in [0.15, 0.2) is 0 Å². The van der Waals surface area contributed by atoms with Crippen LogP contribution >= 0.6 is 0 Å². The second-order valence-electron chi connectivity index (χ2n) is 6.07. The van der Waals surface area contributed by atoms with Crippen molar-refractivity contribution >= 4 is 17.1 Å². The second-order valence-corrected chi connectivity index (χ2v) is 6.07. The van der Waals surface area contributed by atoms with Gasteiger partial charge in [-0.15, -0.1) is 0 Å². The molecule has 0 radical (unpaired) electrons. The number of hydrogen-bond acceptors (Lipinski definition) is 4. The highest BCUT2D eigenvalue weighted by Gasteiger charge is 2.27. The zero-order chi connectivity index (χ0) is 15.4. The van der Waals surface area contributed by atoms with Crippen LogP contribution in [0.3, 0.4) is 0 Å². The van der Waals surface area contributed by atoms with Crippen LogP contribution in [-0.2, 0) is 0 Å². The molecule has 5 nitrogen and oxygen atoms in total. The summed E-state index contributed by atoms with van der Waals surface area (Å²) in [7, 11) is 0. The van der Waals surface area contributed by atoms with Crippen LogP contribution in [0.2, 0.25) is 0 Å². The van der Waals surface area contributed by atoms with E-state index in [0.717, 1.165) is 24.3 Å². The largest absolute Gasteiger partial charge is 0.385 e. The van der Waals surface area contributed by atoms with E-state index in [1.807, 2.05) is 13.0 Å².